The van der Waals surface area contributed by atoms with Crippen LogP contribution in [0.3, 0.4) is 0 Å². The van der Waals surface area contributed by atoms with E-state index in [0.717, 1.165) is 11.3 Å². The van der Waals surface area contributed by atoms with Gasteiger partial charge in [-0.05, 0) is 25.1 Å². The fourth-order valence-electron chi connectivity index (χ4n) is 1.60. The van der Waals surface area contributed by atoms with Crippen LogP contribution in [0.1, 0.15) is 14.5 Å². The van der Waals surface area contributed by atoms with Crippen molar-refractivity contribution in [3.8, 4) is 0 Å². The van der Waals surface area contributed by atoms with Crippen LogP contribution in [0.15, 0.2) is 35.2 Å². The lowest BCUT2D eigenvalue weighted by Gasteiger charge is -2.08. The van der Waals surface area contributed by atoms with E-state index in [4.69, 9.17) is 17.3 Å². The molecule has 20 heavy (non-hydrogen) atoms. The van der Waals surface area contributed by atoms with Crippen molar-refractivity contribution in [2.75, 3.05) is 4.72 Å². The fourth-order valence-corrected chi connectivity index (χ4v) is 4.36. The maximum absolute atomic E-state index is 12.3. The molecule has 0 bridgehead atoms. The van der Waals surface area contributed by atoms with Gasteiger partial charge in [0.25, 0.3) is 15.9 Å². The lowest BCUT2D eigenvalue weighted by Crippen LogP contribution is -2.14. The zero-order valence-electron chi connectivity index (χ0n) is 10.4. The van der Waals surface area contributed by atoms with E-state index in [1.807, 2.05) is 0 Å². The Kier molecular flexibility index (Phi) is 4.03. The highest BCUT2D eigenvalue weighted by Crippen LogP contribution is 2.29. The molecular formula is C12H11ClN2O3S2. The fraction of sp³-hybridized carbons (Fsp3) is 0.0833. The van der Waals surface area contributed by atoms with Gasteiger partial charge in [-0.3, -0.25) is 9.52 Å². The van der Waals surface area contributed by atoms with Gasteiger partial charge in [0.1, 0.15) is 4.90 Å². The highest BCUT2D eigenvalue weighted by Gasteiger charge is 2.22. The molecule has 1 amide bonds. The molecule has 0 atom stereocenters. The maximum atomic E-state index is 12.3. The number of sulfonamides is 1. The minimum absolute atomic E-state index is 0.0243. The second kappa shape index (κ2) is 5.43. The van der Waals surface area contributed by atoms with Crippen LogP contribution in [0.4, 0.5) is 5.69 Å². The van der Waals surface area contributed by atoms with Crippen LogP contribution in [0.2, 0.25) is 5.02 Å². The summed E-state index contributed by atoms with van der Waals surface area (Å²) in [4.78, 5) is 11.8. The summed E-state index contributed by atoms with van der Waals surface area (Å²) in [7, 11) is -3.81. The SMILES string of the molecule is Cc1sc(C(N)=O)cc1S(=O)(=O)Nc1ccccc1Cl. The number of benzene rings is 1. The summed E-state index contributed by atoms with van der Waals surface area (Å²) in [6, 6.07) is 7.76. The van der Waals surface area contributed by atoms with Crippen LogP contribution in [0.25, 0.3) is 0 Å². The summed E-state index contributed by atoms with van der Waals surface area (Å²) in [6.45, 7) is 1.61. The normalized spacial score (nSPS) is 11.3. The first-order valence-electron chi connectivity index (χ1n) is 5.49. The first kappa shape index (κ1) is 14.8. The summed E-state index contributed by atoms with van der Waals surface area (Å²) < 4.78 is 27.0. The molecule has 0 fully saturated rings. The molecule has 3 N–H and O–H groups in total. The number of rotatable bonds is 4. The zero-order valence-corrected chi connectivity index (χ0v) is 12.8. The number of anilines is 1. The molecule has 0 spiro atoms. The van der Waals surface area contributed by atoms with Crippen LogP contribution in [-0.4, -0.2) is 14.3 Å². The molecule has 106 valence electrons. The molecular weight excluding hydrogens is 320 g/mol. The quantitative estimate of drug-likeness (QED) is 0.903. The number of carbonyl (C=O) groups is 1. The molecule has 0 aliphatic rings. The molecule has 0 radical (unpaired) electrons. The second-order valence-electron chi connectivity index (χ2n) is 3.98. The van der Waals surface area contributed by atoms with Crippen molar-refractivity contribution in [3.05, 3.63) is 45.1 Å². The number of halogens is 1. The van der Waals surface area contributed by atoms with E-state index in [-0.39, 0.29) is 15.5 Å². The number of nitrogens with one attached hydrogen (secondary N) is 1. The van der Waals surface area contributed by atoms with E-state index in [1.54, 1.807) is 31.2 Å². The number of thiophene rings is 1. The number of carbonyl (C=O) groups excluding carboxylic acids is 1. The van der Waals surface area contributed by atoms with Gasteiger partial charge in [0.15, 0.2) is 0 Å². The average Bonchev–Trinajstić information content (AvgIpc) is 2.75. The van der Waals surface area contributed by atoms with Crippen molar-refractivity contribution in [2.24, 2.45) is 5.73 Å². The summed E-state index contributed by atoms with van der Waals surface area (Å²) in [6.07, 6.45) is 0. The minimum Gasteiger partial charge on any atom is -0.365 e. The number of primary amides is 1. The Morgan fingerprint density at radius 3 is 2.55 bits per heavy atom. The van der Waals surface area contributed by atoms with E-state index in [9.17, 15) is 13.2 Å². The highest BCUT2D eigenvalue weighted by molar-refractivity contribution is 7.93. The monoisotopic (exact) mass is 330 g/mol. The van der Waals surface area contributed by atoms with Crippen LogP contribution in [0.5, 0.6) is 0 Å². The maximum Gasteiger partial charge on any atom is 0.263 e. The van der Waals surface area contributed by atoms with Gasteiger partial charge in [-0.15, -0.1) is 11.3 Å². The summed E-state index contributed by atoms with van der Waals surface area (Å²) in [5.41, 5.74) is 5.43. The van der Waals surface area contributed by atoms with Crippen molar-refractivity contribution >= 4 is 44.6 Å². The van der Waals surface area contributed by atoms with E-state index in [0.29, 0.717) is 9.90 Å². The zero-order chi connectivity index (χ0) is 14.9. The minimum atomic E-state index is -3.81. The summed E-state index contributed by atoms with van der Waals surface area (Å²) >= 11 is 6.95. The third kappa shape index (κ3) is 2.95. The highest BCUT2D eigenvalue weighted by atomic mass is 35.5. The molecule has 0 saturated heterocycles. The van der Waals surface area contributed by atoms with Gasteiger partial charge in [0.05, 0.1) is 15.6 Å². The van der Waals surface area contributed by atoms with Crippen LogP contribution < -0.4 is 10.5 Å². The second-order valence-corrected chi connectivity index (χ2v) is 7.30. The first-order valence-corrected chi connectivity index (χ1v) is 8.16. The topological polar surface area (TPSA) is 89.3 Å². The predicted octanol–water partition coefficient (Wildman–Crippen LogP) is 2.61. The molecule has 0 aliphatic heterocycles. The van der Waals surface area contributed by atoms with Gasteiger partial charge >= 0.3 is 0 Å². The standard InChI is InChI=1S/C12H11ClN2O3S2/c1-7-11(6-10(19-7)12(14)16)20(17,18)15-9-5-3-2-4-8(9)13/h2-6,15H,1H3,(H2,14,16). The Hall–Kier alpha value is -1.57. The van der Waals surface area contributed by atoms with Crippen molar-refractivity contribution in [1.82, 2.24) is 0 Å². The van der Waals surface area contributed by atoms with Gasteiger partial charge < -0.3 is 5.73 Å². The number of amides is 1. The van der Waals surface area contributed by atoms with Crippen molar-refractivity contribution in [1.29, 1.82) is 0 Å². The van der Waals surface area contributed by atoms with Crippen LogP contribution >= 0.6 is 22.9 Å². The summed E-state index contributed by atoms with van der Waals surface area (Å²) in [5.74, 6) is -0.655. The Morgan fingerprint density at radius 1 is 1.35 bits per heavy atom. The Bertz CT molecular complexity index is 769. The van der Waals surface area contributed by atoms with Crippen molar-refractivity contribution in [3.63, 3.8) is 0 Å². The molecule has 0 aliphatic carbocycles. The number of hydrogen-bond acceptors (Lipinski definition) is 4. The lowest BCUT2D eigenvalue weighted by molar-refractivity contribution is 0.100. The number of aryl methyl sites for hydroxylation is 1. The molecule has 0 saturated carbocycles. The predicted molar refractivity (Wildman–Crippen MR) is 79.8 cm³/mol. The van der Waals surface area contributed by atoms with Gasteiger partial charge in [0.2, 0.25) is 0 Å². The molecule has 2 rings (SSSR count). The van der Waals surface area contributed by atoms with Gasteiger partial charge in [0, 0.05) is 4.88 Å². The molecule has 5 nitrogen and oxygen atoms in total. The molecule has 0 unspecified atom stereocenters. The van der Waals surface area contributed by atoms with E-state index in [2.05, 4.69) is 4.72 Å². The third-order valence-corrected chi connectivity index (χ3v) is 5.54. The van der Waals surface area contributed by atoms with Crippen LogP contribution in [-0.2, 0) is 10.0 Å². The third-order valence-electron chi connectivity index (χ3n) is 2.52. The van der Waals surface area contributed by atoms with Gasteiger partial charge in [-0.1, -0.05) is 23.7 Å². The molecule has 1 heterocycles. The van der Waals surface area contributed by atoms with Gasteiger partial charge in [-0.2, -0.15) is 0 Å². The van der Waals surface area contributed by atoms with Crippen molar-refractivity contribution in [2.45, 2.75) is 11.8 Å². The number of para-hydroxylation sites is 1. The molecule has 1 aromatic heterocycles. The summed E-state index contributed by atoms with van der Waals surface area (Å²) in [5, 5.41) is 0.291. The Balaban J connectivity index is 2.41. The van der Waals surface area contributed by atoms with E-state index >= 15 is 0 Å². The smallest absolute Gasteiger partial charge is 0.263 e. The van der Waals surface area contributed by atoms with E-state index in [1.165, 1.54) is 6.07 Å². The number of hydrogen-bond donors (Lipinski definition) is 2. The Morgan fingerprint density at radius 2 is 2.00 bits per heavy atom. The first-order chi connectivity index (χ1) is 9.31. The lowest BCUT2D eigenvalue weighted by atomic mass is 10.3. The van der Waals surface area contributed by atoms with Crippen molar-refractivity contribution < 1.29 is 13.2 Å². The molecule has 2 aromatic rings. The van der Waals surface area contributed by atoms with Crippen LogP contribution in [0, 0.1) is 6.92 Å². The number of nitrogens with two attached hydrogens (primary N) is 1. The van der Waals surface area contributed by atoms with Gasteiger partial charge in [-0.25, -0.2) is 8.42 Å². The molecule has 8 heteroatoms. The average molecular weight is 331 g/mol. The Labute approximate surface area is 125 Å². The van der Waals surface area contributed by atoms with E-state index < -0.39 is 15.9 Å². The molecule has 1 aromatic carbocycles. The largest absolute Gasteiger partial charge is 0.365 e.